The summed E-state index contributed by atoms with van der Waals surface area (Å²) >= 11 is 0. The molecule has 0 saturated carbocycles. The predicted octanol–water partition coefficient (Wildman–Crippen LogP) is 3.88. The topological polar surface area (TPSA) is 56.2 Å². The number of hydrogen-bond donors (Lipinski definition) is 1. The van der Waals surface area contributed by atoms with E-state index in [1.807, 2.05) is 67.7 Å². The number of nitrogens with zero attached hydrogens (tertiary/aromatic N) is 2. The number of carbonyl (C=O) groups excluding carboxylic acids is 1. The largest absolute Gasteiger partial charge is 0.494 e. The Morgan fingerprint density at radius 1 is 1.08 bits per heavy atom. The monoisotopic (exact) mass is 335 g/mol. The summed E-state index contributed by atoms with van der Waals surface area (Å²) < 4.78 is 7.37. The molecule has 0 saturated heterocycles. The van der Waals surface area contributed by atoms with Gasteiger partial charge in [0.15, 0.2) is 0 Å². The van der Waals surface area contributed by atoms with E-state index in [2.05, 4.69) is 10.4 Å². The molecule has 0 radical (unpaired) electrons. The number of hydrogen-bond acceptors (Lipinski definition) is 3. The Hall–Kier alpha value is -3.08. The number of carbonyl (C=O) groups is 1. The van der Waals surface area contributed by atoms with Gasteiger partial charge >= 0.3 is 0 Å². The van der Waals surface area contributed by atoms with E-state index in [0.717, 1.165) is 22.7 Å². The van der Waals surface area contributed by atoms with Crippen molar-refractivity contribution < 1.29 is 9.53 Å². The summed E-state index contributed by atoms with van der Waals surface area (Å²) in [6.45, 7) is 0.510. The van der Waals surface area contributed by atoms with E-state index in [0.29, 0.717) is 19.4 Å². The van der Waals surface area contributed by atoms with Gasteiger partial charge in [0, 0.05) is 19.0 Å². The number of anilines is 1. The number of amides is 1. The number of benzene rings is 2. The molecule has 128 valence electrons. The van der Waals surface area contributed by atoms with Crippen molar-refractivity contribution in [2.45, 2.75) is 12.8 Å². The lowest BCUT2D eigenvalue weighted by molar-refractivity contribution is -0.116. The molecule has 5 heteroatoms. The third-order valence-corrected chi connectivity index (χ3v) is 3.82. The minimum atomic E-state index is -0.0400. The molecule has 0 aliphatic heterocycles. The first-order valence-corrected chi connectivity index (χ1v) is 8.29. The lowest BCUT2D eigenvalue weighted by atomic mass is 10.1. The second kappa shape index (κ2) is 8.15. The number of para-hydroxylation sites is 1. The summed E-state index contributed by atoms with van der Waals surface area (Å²) in [5.74, 6) is 0.781. The first-order valence-electron chi connectivity index (χ1n) is 8.29. The van der Waals surface area contributed by atoms with Gasteiger partial charge in [-0.05, 0) is 18.6 Å². The van der Waals surface area contributed by atoms with E-state index in [9.17, 15) is 4.79 Å². The molecule has 0 aliphatic rings. The Labute approximate surface area is 147 Å². The average Bonchev–Trinajstić information content (AvgIpc) is 3.00. The van der Waals surface area contributed by atoms with Crippen LogP contribution in [0.2, 0.25) is 0 Å². The van der Waals surface area contributed by atoms with Crippen LogP contribution in [0.4, 0.5) is 5.69 Å². The van der Waals surface area contributed by atoms with Crippen molar-refractivity contribution in [1.82, 2.24) is 9.78 Å². The predicted molar refractivity (Wildman–Crippen MR) is 98.4 cm³/mol. The second-order valence-electron chi connectivity index (χ2n) is 5.71. The highest BCUT2D eigenvalue weighted by molar-refractivity contribution is 5.94. The van der Waals surface area contributed by atoms with Crippen LogP contribution in [0.25, 0.3) is 11.3 Å². The normalized spacial score (nSPS) is 10.4. The van der Waals surface area contributed by atoms with E-state index >= 15 is 0 Å². The molecule has 25 heavy (non-hydrogen) atoms. The van der Waals surface area contributed by atoms with Gasteiger partial charge in [0.1, 0.15) is 5.75 Å². The number of aryl methyl sites for hydroxylation is 1. The van der Waals surface area contributed by atoms with Gasteiger partial charge in [0.2, 0.25) is 5.91 Å². The van der Waals surface area contributed by atoms with Crippen molar-refractivity contribution in [2.24, 2.45) is 7.05 Å². The Morgan fingerprint density at radius 2 is 1.76 bits per heavy atom. The fourth-order valence-corrected chi connectivity index (χ4v) is 2.62. The van der Waals surface area contributed by atoms with Crippen LogP contribution in [0.1, 0.15) is 12.8 Å². The highest BCUT2D eigenvalue weighted by Crippen LogP contribution is 2.27. The molecule has 1 heterocycles. The van der Waals surface area contributed by atoms with Crippen molar-refractivity contribution in [3.8, 4) is 17.0 Å². The Morgan fingerprint density at radius 3 is 2.48 bits per heavy atom. The van der Waals surface area contributed by atoms with Gasteiger partial charge in [-0.25, -0.2) is 0 Å². The van der Waals surface area contributed by atoms with E-state index < -0.39 is 0 Å². The van der Waals surface area contributed by atoms with Crippen LogP contribution in [0.5, 0.6) is 5.75 Å². The molecule has 3 rings (SSSR count). The van der Waals surface area contributed by atoms with Crippen molar-refractivity contribution in [3.05, 3.63) is 66.9 Å². The lowest BCUT2D eigenvalue weighted by Crippen LogP contribution is -2.13. The number of rotatable bonds is 7. The number of aromatic nitrogens is 2. The fraction of sp³-hybridized carbons (Fsp3) is 0.200. The molecule has 2 aromatic carbocycles. The molecule has 0 bridgehead atoms. The van der Waals surface area contributed by atoms with Gasteiger partial charge in [-0.3, -0.25) is 9.48 Å². The summed E-state index contributed by atoms with van der Waals surface area (Å²) in [7, 11) is 1.87. The summed E-state index contributed by atoms with van der Waals surface area (Å²) in [5.41, 5.74) is 2.64. The van der Waals surface area contributed by atoms with Crippen LogP contribution in [0, 0.1) is 0 Å². The quantitative estimate of drug-likeness (QED) is 0.667. The van der Waals surface area contributed by atoms with Crippen LogP contribution in [-0.4, -0.2) is 22.3 Å². The molecule has 1 N–H and O–H groups in total. The molecule has 3 aromatic rings. The zero-order valence-electron chi connectivity index (χ0n) is 14.2. The Balaban J connectivity index is 1.53. The van der Waals surface area contributed by atoms with Crippen LogP contribution in [0.3, 0.4) is 0 Å². The van der Waals surface area contributed by atoms with Gasteiger partial charge < -0.3 is 10.1 Å². The lowest BCUT2D eigenvalue weighted by Gasteiger charge is -2.09. The maximum Gasteiger partial charge on any atom is 0.224 e. The highest BCUT2D eigenvalue weighted by Gasteiger charge is 2.13. The molecule has 5 nitrogen and oxygen atoms in total. The standard InChI is InChI=1S/C20H21N3O2/c1-23-20(16-9-4-2-5-10-16)18(15-21-23)22-19(24)13-8-14-25-17-11-6-3-7-12-17/h2-7,9-12,15H,8,13-14H2,1H3,(H,22,24). The minimum Gasteiger partial charge on any atom is -0.494 e. The smallest absolute Gasteiger partial charge is 0.224 e. The minimum absolute atomic E-state index is 0.0400. The summed E-state index contributed by atoms with van der Waals surface area (Å²) in [6.07, 6.45) is 2.73. The molecule has 0 unspecified atom stereocenters. The summed E-state index contributed by atoms with van der Waals surface area (Å²) in [6, 6.07) is 19.5. The molecule has 0 aliphatic carbocycles. The van der Waals surface area contributed by atoms with Crippen LogP contribution in [0.15, 0.2) is 66.9 Å². The maximum absolute atomic E-state index is 12.2. The van der Waals surface area contributed by atoms with E-state index in [4.69, 9.17) is 4.74 Å². The van der Waals surface area contributed by atoms with Gasteiger partial charge in [0.25, 0.3) is 0 Å². The van der Waals surface area contributed by atoms with Crippen LogP contribution >= 0.6 is 0 Å². The third kappa shape index (κ3) is 4.47. The molecule has 0 spiro atoms. The van der Waals surface area contributed by atoms with Crippen molar-refractivity contribution in [1.29, 1.82) is 0 Å². The van der Waals surface area contributed by atoms with Crippen molar-refractivity contribution in [2.75, 3.05) is 11.9 Å². The van der Waals surface area contributed by atoms with Gasteiger partial charge in [-0.15, -0.1) is 0 Å². The molecule has 1 amide bonds. The second-order valence-corrected chi connectivity index (χ2v) is 5.71. The molecular formula is C20H21N3O2. The van der Waals surface area contributed by atoms with E-state index in [1.165, 1.54) is 0 Å². The Kier molecular flexibility index (Phi) is 5.46. The van der Waals surface area contributed by atoms with Gasteiger partial charge in [-0.1, -0.05) is 48.5 Å². The molecule has 1 aromatic heterocycles. The number of ether oxygens (including phenoxy) is 1. The Bertz CT molecular complexity index is 813. The van der Waals surface area contributed by atoms with Gasteiger partial charge in [-0.2, -0.15) is 5.10 Å². The summed E-state index contributed by atoms with van der Waals surface area (Å²) in [4.78, 5) is 12.2. The number of nitrogens with one attached hydrogen (secondary N) is 1. The van der Waals surface area contributed by atoms with Crippen molar-refractivity contribution >= 4 is 11.6 Å². The first kappa shape index (κ1) is 16.8. The molecule has 0 fully saturated rings. The zero-order chi connectivity index (χ0) is 17.5. The molecule has 0 atom stereocenters. The average molecular weight is 335 g/mol. The van der Waals surface area contributed by atoms with Crippen LogP contribution < -0.4 is 10.1 Å². The maximum atomic E-state index is 12.2. The molecular weight excluding hydrogens is 314 g/mol. The SMILES string of the molecule is Cn1ncc(NC(=O)CCCOc2ccccc2)c1-c1ccccc1. The van der Waals surface area contributed by atoms with Crippen LogP contribution in [-0.2, 0) is 11.8 Å². The first-order chi connectivity index (χ1) is 12.2. The van der Waals surface area contributed by atoms with Crippen molar-refractivity contribution in [3.63, 3.8) is 0 Å². The zero-order valence-corrected chi connectivity index (χ0v) is 14.2. The fourth-order valence-electron chi connectivity index (χ4n) is 2.62. The van der Waals surface area contributed by atoms with E-state index in [-0.39, 0.29) is 5.91 Å². The van der Waals surface area contributed by atoms with Gasteiger partial charge in [0.05, 0.1) is 24.2 Å². The highest BCUT2D eigenvalue weighted by atomic mass is 16.5. The third-order valence-electron chi connectivity index (χ3n) is 3.82. The van der Waals surface area contributed by atoms with E-state index in [1.54, 1.807) is 10.9 Å². The summed E-state index contributed by atoms with van der Waals surface area (Å²) in [5, 5.41) is 7.21.